The fourth-order valence-electron chi connectivity index (χ4n) is 1.80. The first-order valence-corrected chi connectivity index (χ1v) is 5.14. The van der Waals surface area contributed by atoms with Gasteiger partial charge in [-0.15, -0.1) is 0 Å². The largest absolute Gasteiger partial charge is 0.318 e. The second-order valence-corrected chi connectivity index (χ2v) is 4.61. The van der Waals surface area contributed by atoms with Crippen LogP contribution in [0.3, 0.4) is 0 Å². The van der Waals surface area contributed by atoms with Gasteiger partial charge in [-0.25, -0.2) is 0 Å². The third-order valence-electron chi connectivity index (χ3n) is 3.07. The molecule has 1 fully saturated rings. The molecule has 3 nitrogen and oxygen atoms in total. The van der Waals surface area contributed by atoms with Crippen LogP contribution in [0.1, 0.15) is 13.8 Å². The Morgan fingerprint density at radius 2 is 2.00 bits per heavy atom. The molecule has 0 spiro atoms. The topological polar surface area (TPSA) is 18.5 Å². The highest BCUT2D eigenvalue weighted by molar-refractivity contribution is 4.88. The molecule has 1 aliphatic heterocycles. The molecule has 1 heterocycles. The maximum absolute atomic E-state index is 3.20. The van der Waals surface area contributed by atoms with Gasteiger partial charge in [-0.2, -0.15) is 0 Å². The summed E-state index contributed by atoms with van der Waals surface area (Å²) < 4.78 is 0. The Labute approximate surface area is 82.1 Å². The maximum atomic E-state index is 3.20. The quantitative estimate of drug-likeness (QED) is 0.679. The van der Waals surface area contributed by atoms with Crippen molar-refractivity contribution < 1.29 is 0 Å². The minimum absolute atomic E-state index is 0.339. The van der Waals surface area contributed by atoms with E-state index < -0.39 is 0 Å². The molecule has 1 aliphatic rings. The highest BCUT2D eigenvalue weighted by Crippen LogP contribution is 2.17. The SMILES string of the molecule is CNCCN1CCN(C)C(C)(C)C1. The highest BCUT2D eigenvalue weighted by Gasteiger charge is 2.30. The first-order valence-electron chi connectivity index (χ1n) is 5.14. The average molecular weight is 185 g/mol. The van der Waals surface area contributed by atoms with Crippen molar-refractivity contribution in [1.29, 1.82) is 0 Å². The number of nitrogens with zero attached hydrogens (tertiary/aromatic N) is 2. The number of hydrogen-bond acceptors (Lipinski definition) is 3. The standard InChI is InChI=1S/C10H23N3/c1-10(2)9-13(6-5-11-3)8-7-12(10)4/h11H,5-9H2,1-4H3. The Bertz CT molecular complexity index is 154. The number of rotatable bonds is 3. The molecule has 0 unspecified atom stereocenters. The molecule has 0 radical (unpaired) electrons. The van der Waals surface area contributed by atoms with Crippen molar-refractivity contribution in [2.24, 2.45) is 0 Å². The van der Waals surface area contributed by atoms with Gasteiger partial charge in [0.25, 0.3) is 0 Å². The molecule has 1 saturated heterocycles. The number of likely N-dealkylation sites (N-methyl/N-ethyl adjacent to an activating group) is 2. The Hall–Kier alpha value is -0.120. The number of nitrogens with one attached hydrogen (secondary N) is 1. The molecule has 0 aromatic rings. The average Bonchev–Trinajstić information content (AvgIpc) is 2.07. The van der Waals surface area contributed by atoms with Gasteiger partial charge in [0, 0.05) is 38.3 Å². The Morgan fingerprint density at radius 1 is 1.31 bits per heavy atom. The smallest absolute Gasteiger partial charge is 0.0277 e. The van der Waals surface area contributed by atoms with E-state index in [0.717, 1.165) is 6.54 Å². The summed E-state index contributed by atoms with van der Waals surface area (Å²) in [5.74, 6) is 0. The zero-order valence-electron chi connectivity index (χ0n) is 9.43. The van der Waals surface area contributed by atoms with Gasteiger partial charge in [0.05, 0.1) is 0 Å². The molecule has 1 rings (SSSR count). The minimum Gasteiger partial charge on any atom is -0.318 e. The molecule has 0 aromatic heterocycles. The second-order valence-electron chi connectivity index (χ2n) is 4.61. The fourth-order valence-corrected chi connectivity index (χ4v) is 1.80. The van der Waals surface area contributed by atoms with Crippen LogP contribution < -0.4 is 5.32 Å². The summed E-state index contributed by atoms with van der Waals surface area (Å²) in [6.07, 6.45) is 0. The Balaban J connectivity index is 2.37. The van der Waals surface area contributed by atoms with Crippen molar-refractivity contribution >= 4 is 0 Å². The van der Waals surface area contributed by atoms with Gasteiger partial charge in [0.2, 0.25) is 0 Å². The number of piperazine rings is 1. The van der Waals surface area contributed by atoms with E-state index in [0.29, 0.717) is 5.54 Å². The van der Waals surface area contributed by atoms with E-state index in [-0.39, 0.29) is 0 Å². The summed E-state index contributed by atoms with van der Waals surface area (Å²) >= 11 is 0. The van der Waals surface area contributed by atoms with Crippen LogP contribution in [0.5, 0.6) is 0 Å². The molecule has 13 heavy (non-hydrogen) atoms. The molecule has 0 saturated carbocycles. The summed E-state index contributed by atoms with van der Waals surface area (Å²) in [7, 11) is 4.23. The predicted molar refractivity (Wildman–Crippen MR) is 57.1 cm³/mol. The minimum atomic E-state index is 0.339. The van der Waals surface area contributed by atoms with Crippen molar-refractivity contribution in [2.75, 3.05) is 46.8 Å². The molecular weight excluding hydrogens is 162 g/mol. The lowest BCUT2D eigenvalue weighted by Crippen LogP contribution is -2.58. The van der Waals surface area contributed by atoms with Crippen LogP contribution in [0.4, 0.5) is 0 Å². The zero-order valence-corrected chi connectivity index (χ0v) is 9.43. The fraction of sp³-hybridized carbons (Fsp3) is 1.00. The van der Waals surface area contributed by atoms with Crippen LogP contribution in [0.25, 0.3) is 0 Å². The first-order chi connectivity index (χ1) is 6.06. The van der Waals surface area contributed by atoms with E-state index in [1.54, 1.807) is 0 Å². The van der Waals surface area contributed by atoms with E-state index in [1.165, 1.54) is 26.2 Å². The van der Waals surface area contributed by atoms with Gasteiger partial charge < -0.3 is 5.32 Å². The van der Waals surface area contributed by atoms with Crippen molar-refractivity contribution in [2.45, 2.75) is 19.4 Å². The van der Waals surface area contributed by atoms with Gasteiger partial charge in [-0.1, -0.05) is 0 Å². The lowest BCUT2D eigenvalue weighted by atomic mass is 10.00. The second kappa shape index (κ2) is 4.40. The number of hydrogen-bond donors (Lipinski definition) is 1. The van der Waals surface area contributed by atoms with Crippen LogP contribution in [0.2, 0.25) is 0 Å². The van der Waals surface area contributed by atoms with Crippen molar-refractivity contribution in [1.82, 2.24) is 15.1 Å². The zero-order chi connectivity index (χ0) is 9.90. The Kier molecular flexibility index (Phi) is 3.71. The normalized spacial score (nSPS) is 24.9. The molecular formula is C10H23N3. The third kappa shape index (κ3) is 2.93. The van der Waals surface area contributed by atoms with E-state index in [4.69, 9.17) is 0 Å². The third-order valence-corrected chi connectivity index (χ3v) is 3.07. The monoisotopic (exact) mass is 185 g/mol. The summed E-state index contributed by atoms with van der Waals surface area (Å²) in [6, 6.07) is 0. The van der Waals surface area contributed by atoms with E-state index in [9.17, 15) is 0 Å². The lowest BCUT2D eigenvalue weighted by molar-refractivity contribution is 0.0410. The van der Waals surface area contributed by atoms with Gasteiger partial charge in [-0.05, 0) is 27.9 Å². The van der Waals surface area contributed by atoms with E-state index >= 15 is 0 Å². The summed E-state index contributed by atoms with van der Waals surface area (Å²) in [4.78, 5) is 4.99. The van der Waals surface area contributed by atoms with E-state index in [2.05, 4.69) is 36.0 Å². The van der Waals surface area contributed by atoms with E-state index in [1.807, 2.05) is 7.05 Å². The molecule has 3 heteroatoms. The lowest BCUT2D eigenvalue weighted by Gasteiger charge is -2.45. The van der Waals surface area contributed by atoms with Crippen LogP contribution in [-0.2, 0) is 0 Å². The Morgan fingerprint density at radius 3 is 2.54 bits per heavy atom. The molecule has 1 N–H and O–H groups in total. The maximum Gasteiger partial charge on any atom is 0.0277 e. The van der Waals surface area contributed by atoms with Crippen molar-refractivity contribution in [3.8, 4) is 0 Å². The summed E-state index contributed by atoms with van der Waals surface area (Å²) in [5, 5.41) is 3.20. The summed E-state index contributed by atoms with van der Waals surface area (Å²) in [5.41, 5.74) is 0.339. The van der Waals surface area contributed by atoms with Crippen molar-refractivity contribution in [3.63, 3.8) is 0 Å². The highest BCUT2D eigenvalue weighted by atomic mass is 15.3. The summed E-state index contributed by atoms with van der Waals surface area (Å²) in [6.45, 7) is 10.5. The molecule has 0 atom stereocenters. The van der Waals surface area contributed by atoms with Gasteiger partial charge in [-0.3, -0.25) is 9.80 Å². The van der Waals surface area contributed by atoms with Crippen LogP contribution in [0.15, 0.2) is 0 Å². The van der Waals surface area contributed by atoms with Crippen LogP contribution in [-0.4, -0.2) is 62.2 Å². The molecule has 0 bridgehead atoms. The predicted octanol–water partition coefficient (Wildman–Crippen LogP) is 0.232. The van der Waals surface area contributed by atoms with Gasteiger partial charge in [0.1, 0.15) is 0 Å². The van der Waals surface area contributed by atoms with Crippen LogP contribution >= 0.6 is 0 Å². The van der Waals surface area contributed by atoms with Gasteiger partial charge >= 0.3 is 0 Å². The molecule has 78 valence electrons. The van der Waals surface area contributed by atoms with Gasteiger partial charge in [0.15, 0.2) is 0 Å². The van der Waals surface area contributed by atoms with Crippen molar-refractivity contribution in [3.05, 3.63) is 0 Å². The molecule has 0 aliphatic carbocycles. The molecule has 0 aromatic carbocycles. The molecule has 0 amide bonds. The van der Waals surface area contributed by atoms with Crippen LogP contribution in [0, 0.1) is 0 Å². The first kappa shape index (κ1) is 11.0.